The fourth-order valence-corrected chi connectivity index (χ4v) is 3.67. The molecule has 7 heteroatoms. The van der Waals surface area contributed by atoms with E-state index in [0.717, 1.165) is 16.7 Å². The summed E-state index contributed by atoms with van der Waals surface area (Å²) in [4.78, 5) is 38.5. The Hall–Kier alpha value is -3.12. The molecule has 30 heavy (non-hydrogen) atoms. The maximum atomic E-state index is 13.0. The van der Waals surface area contributed by atoms with Crippen LogP contribution in [-0.4, -0.2) is 29.8 Å². The normalized spacial score (nSPS) is 15.8. The fourth-order valence-electron chi connectivity index (χ4n) is 3.54. The van der Waals surface area contributed by atoms with Crippen molar-refractivity contribution in [2.24, 2.45) is 0 Å². The molecule has 0 spiro atoms. The van der Waals surface area contributed by atoms with Gasteiger partial charge in [-0.05, 0) is 34.9 Å². The molecule has 2 unspecified atom stereocenters. The quantitative estimate of drug-likeness (QED) is 0.708. The summed E-state index contributed by atoms with van der Waals surface area (Å²) in [6.07, 6.45) is 3.61. The molecule has 1 aliphatic rings. The Morgan fingerprint density at radius 3 is 2.50 bits per heavy atom. The van der Waals surface area contributed by atoms with Crippen molar-refractivity contribution in [3.63, 3.8) is 0 Å². The maximum Gasteiger partial charge on any atom is 0.307 e. The van der Waals surface area contributed by atoms with Crippen molar-refractivity contribution >= 4 is 35.5 Å². The second-order valence-electron chi connectivity index (χ2n) is 7.04. The first-order valence-corrected chi connectivity index (χ1v) is 9.94. The van der Waals surface area contributed by atoms with Gasteiger partial charge in [-0.3, -0.25) is 14.4 Å². The second-order valence-corrected chi connectivity index (χ2v) is 7.48. The predicted molar refractivity (Wildman–Crippen MR) is 114 cm³/mol. The third-order valence-corrected chi connectivity index (χ3v) is 5.31. The third kappa shape index (κ3) is 5.07. The lowest BCUT2D eigenvalue weighted by molar-refractivity contribution is -0.141. The number of nitrogens with zero attached hydrogens (tertiary/aromatic N) is 1. The molecular weight excluding hydrogens is 404 g/mol. The summed E-state index contributed by atoms with van der Waals surface area (Å²) in [5, 5.41) is 3.47. The summed E-state index contributed by atoms with van der Waals surface area (Å²) in [5.74, 6) is -0.867. The minimum atomic E-state index is -0.567. The Bertz CT molecular complexity index is 971. The molecule has 1 N–H and O–H groups in total. The lowest BCUT2D eigenvalue weighted by Crippen LogP contribution is -2.37. The Balaban J connectivity index is 1.81. The topological polar surface area (TPSA) is 75.7 Å². The first-order chi connectivity index (χ1) is 14.4. The molecule has 0 saturated carbocycles. The largest absolute Gasteiger partial charge is 0.469 e. The van der Waals surface area contributed by atoms with Crippen LogP contribution in [0.1, 0.15) is 48.5 Å². The molecule has 0 radical (unpaired) electrons. The van der Waals surface area contributed by atoms with E-state index in [2.05, 4.69) is 5.32 Å². The summed E-state index contributed by atoms with van der Waals surface area (Å²) >= 11 is 5.95. The van der Waals surface area contributed by atoms with Gasteiger partial charge in [0.05, 0.1) is 32.0 Å². The molecule has 2 atom stereocenters. The average Bonchev–Trinajstić information content (AvgIpc) is 2.73. The SMILES string of the molecule is COC(=O)CC(NC(=O)CC1c2ccccc2C=CN1C(C)=O)c1ccc(Cl)cc1. The molecule has 0 saturated heterocycles. The zero-order valence-corrected chi connectivity index (χ0v) is 17.6. The van der Waals surface area contributed by atoms with Crippen LogP contribution in [0, 0.1) is 0 Å². The van der Waals surface area contributed by atoms with Gasteiger partial charge in [0.25, 0.3) is 0 Å². The minimum Gasteiger partial charge on any atom is -0.469 e. The summed E-state index contributed by atoms with van der Waals surface area (Å²) in [6, 6.07) is 13.6. The second kappa shape index (κ2) is 9.59. The number of carbonyl (C=O) groups is 3. The number of rotatable bonds is 6. The molecular formula is C23H23ClN2O4. The van der Waals surface area contributed by atoms with Gasteiger partial charge in [0.15, 0.2) is 0 Å². The van der Waals surface area contributed by atoms with E-state index in [1.807, 2.05) is 30.3 Å². The molecule has 0 bridgehead atoms. The van der Waals surface area contributed by atoms with Crippen LogP contribution in [0.5, 0.6) is 0 Å². The van der Waals surface area contributed by atoms with Crippen molar-refractivity contribution in [1.29, 1.82) is 0 Å². The molecule has 0 fully saturated rings. The number of carbonyl (C=O) groups excluding carboxylic acids is 3. The molecule has 6 nitrogen and oxygen atoms in total. The number of hydrogen-bond donors (Lipinski definition) is 1. The summed E-state index contributed by atoms with van der Waals surface area (Å²) < 4.78 is 4.77. The van der Waals surface area contributed by atoms with Crippen molar-refractivity contribution in [3.8, 4) is 0 Å². The Morgan fingerprint density at radius 1 is 1.13 bits per heavy atom. The number of fused-ring (bicyclic) bond motifs is 1. The van der Waals surface area contributed by atoms with Gasteiger partial charge in [-0.2, -0.15) is 0 Å². The molecule has 2 amide bonds. The standard InChI is InChI=1S/C23H23ClN2O4/c1-15(27)26-12-11-16-5-3-4-6-19(16)21(26)14-22(28)25-20(13-23(29)30-2)17-7-9-18(24)10-8-17/h3-12,20-21H,13-14H2,1-2H3,(H,25,28). The summed E-state index contributed by atoms with van der Waals surface area (Å²) in [6.45, 7) is 1.47. The minimum absolute atomic E-state index is 0.0124. The number of hydrogen-bond acceptors (Lipinski definition) is 4. The van der Waals surface area contributed by atoms with Crippen LogP contribution in [0.3, 0.4) is 0 Å². The van der Waals surface area contributed by atoms with Gasteiger partial charge >= 0.3 is 5.97 Å². The van der Waals surface area contributed by atoms with Crippen LogP contribution < -0.4 is 5.32 Å². The first-order valence-electron chi connectivity index (χ1n) is 9.56. The zero-order chi connectivity index (χ0) is 21.7. The third-order valence-electron chi connectivity index (χ3n) is 5.05. The Labute approximate surface area is 180 Å². The molecule has 0 aliphatic carbocycles. The maximum absolute atomic E-state index is 13.0. The van der Waals surface area contributed by atoms with E-state index in [4.69, 9.17) is 16.3 Å². The highest BCUT2D eigenvalue weighted by atomic mass is 35.5. The van der Waals surface area contributed by atoms with Crippen LogP contribution in [0.15, 0.2) is 54.7 Å². The predicted octanol–water partition coefficient (Wildman–Crippen LogP) is 4.02. The molecule has 1 aliphatic heterocycles. The molecule has 0 aromatic heterocycles. The lowest BCUT2D eigenvalue weighted by atomic mass is 9.93. The van der Waals surface area contributed by atoms with Gasteiger partial charge in [-0.1, -0.05) is 48.0 Å². The van der Waals surface area contributed by atoms with Gasteiger partial charge in [0.2, 0.25) is 11.8 Å². The zero-order valence-electron chi connectivity index (χ0n) is 16.8. The van der Waals surface area contributed by atoms with E-state index in [-0.39, 0.29) is 24.7 Å². The number of esters is 1. The number of methoxy groups -OCH3 is 1. The van der Waals surface area contributed by atoms with Crippen LogP contribution in [0.25, 0.3) is 6.08 Å². The Kier molecular flexibility index (Phi) is 6.90. The average molecular weight is 427 g/mol. The van der Waals surface area contributed by atoms with Crippen molar-refractivity contribution in [3.05, 3.63) is 76.4 Å². The smallest absolute Gasteiger partial charge is 0.307 e. The van der Waals surface area contributed by atoms with E-state index < -0.39 is 18.1 Å². The fraction of sp³-hybridized carbons (Fsp3) is 0.261. The van der Waals surface area contributed by atoms with Crippen LogP contribution >= 0.6 is 11.6 Å². The van der Waals surface area contributed by atoms with Gasteiger partial charge in [-0.15, -0.1) is 0 Å². The monoisotopic (exact) mass is 426 g/mol. The number of nitrogens with one attached hydrogen (secondary N) is 1. The highest BCUT2D eigenvalue weighted by Gasteiger charge is 2.29. The first kappa shape index (κ1) is 21.6. The molecule has 2 aromatic carbocycles. The number of amides is 2. The molecule has 2 aromatic rings. The highest BCUT2D eigenvalue weighted by molar-refractivity contribution is 6.30. The van der Waals surface area contributed by atoms with E-state index >= 15 is 0 Å². The highest BCUT2D eigenvalue weighted by Crippen LogP contribution is 2.33. The number of halogens is 1. The van der Waals surface area contributed by atoms with Crippen LogP contribution in [-0.2, 0) is 19.1 Å². The van der Waals surface area contributed by atoms with Gasteiger partial charge in [0.1, 0.15) is 0 Å². The summed E-state index contributed by atoms with van der Waals surface area (Å²) in [7, 11) is 1.30. The van der Waals surface area contributed by atoms with Crippen LogP contribution in [0.4, 0.5) is 0 Å². The van der Waals surface area contributed by atoms with E-state index in [1.54, 1.807) is 35.4 Å². The molecule has 156 valence electrons. The van der Waals surface area contributed by atoms with E-state index in [0.29, 0.717) is 5.02 Å². The number of benzene rings is 2. The van der Waals surface area contributed by atoms with Gasteiger partial charge in [-0.25, -0.2) is 0 Å². The lowest BCUT2D eigenvalue weighted by Gasteiger charge is -2.32. The molecule has 3 rings (SSSR count). The van der Waals surface area contributed by atoms with Gasteiger partial charge in [0, 0.05) is 18.1 Å². The van der Waals surface area contributed by atoms with Crippen molar-refractivity contribution in [2.45, 2.75) is 31.8 Å². The van der Waals surface area contributed by atoms with Crippen molar-refractivity contribution < 1.29 is 19.1 Å². The van der Waals surface area contributed by atoms with E-state index in [1.165, 1.54) is 14.0 Å². The van der Waals surface area contributed by atoms with E-state index in [9.17, 15) is 14.4 Å². The van der Waals surface area contributed by atoms with Gasteiger partial charge < -0.3 is 15.0 Å². The summed E-state index contributed by atoms with van der Waals surface area (Å²) in [5.41, 5.74) is 2.61. The van der Waals surface area contributed by atoms with Crippen molar-refractivity contribution in [1.82, 2.24) is 10.2 Å². The van der Waals surface area contributed by atoms with Crippen LogP contribution in [0.2, 0.25) is 5.02 Å². The molecule has 1 heterocycles. The Morgan fingerprint density at radius 2 is 1.83 bits per heavy atom. The number of ether oxygens (including phenoxy) is 1. The van der Waals surface area contributed by atoms with Crippen molar-refractivity contribution in [2.75, 3.05) is 7.11 Å².